The Morgan fingerprint density at radius 2 is 1.86 bits per heavy atom. The lowest BCUT2D eigenvalue weighted by molar-refractivity contribution is -0.142. The molecular formula is C23H22FN3O2. The topological polar surface area (TPSA) is 62.6 Å². The predicted octanol–water partition coefficient (Wildman–Crippen LogP) is 4.10. The molecule has 0 radical (unpaired) electrons. The average Bonchev–Trinajstić information content (AvgIpc) is 3.16. The van der Waals surface area contributed by atoms with Crippen molar-refractivity contribution in [2.75, 3.05) is 6.54 Å². The number of amides is 1. The lowest BCUT2D eigenvalue weighted by Crippen LogP contribution is -2.40. The van der Waals surface area contributed by atoms with Gasteiger partial charge in [0.25, 0.3) is 11.7 Å². The van der Waals surface area contributed by atoms with Gasteiger partial charge < -0.3 is 4.90 Å². The Morgan fingerprint density at radius 3 is 2.62 bits per heavy atom. The molecular weight excluding hydrogens is 369 g/mol. The van der Waals surface area contributed by atoms with E-state index in [0.717, 1.165) is 31.2 Å². The monoisotopic (exact) mass is 391 g/mol. The van der Waals surface area contributed by atoms with Crippen molar-refractivity contribution in [3.05, 3.63) is 59.7 Å². The molecule has 0 unspecified atom stereocenters. The highest BCUT2D eigenvalue weighted by molar-refractivity contribution is 6.57. The van der Waals surface area contributed by atoms with E-state index in [2.05, 4.69) is 15.8 Å². The number of aromatic nitrogens is 1. The van der Waals surface area contributed by atoms with Gasteiger partial charge in [0, 0.05) is 43.0 Å². The second-order valence-electron chi connectivity index (χ2n) is 7.63. The van der Waals surface area contributed by atoms with Crippen LogP contribution in [0.3, 0.4) is 0 Å². The molecule has 0 atom stereocenters. The first kappa shape index (κ1) is 19.2. The van der Waals surface area contributed by atoms with E-state index >= 15 is 0 Å². The molecule has 1 aromatic carbocycles. The summed E-state index contributed by atoms with van der Waals surface area (Å²) in [5, 5.41) is 0. The second kappa shape index (κ2) is 8.50. The molecule has 5 nitrogen and oxygen atoms in total. The van der Waals surface area contributed by atoms with E-state index in [0.29, 0.717) is 30.3 Å². The molecule has 2 aromatic rings. The molecule has 2 aliphatic rings. The average molecular weight is 391 g/mol. The standard InChI is InChI=1S/C23H22FN3O2/c24-18-6-7-19-20(13-26-21(19)12-18)22(28)23(29)27(14-16-4-2-1-3-5-16)15-17-8-10-25-11-9-17/h6-12,16H,1-5,14-15H2. The smallest absolute Gasteiger partial charge is 0.296 e. The van der Waals surface area contributed by atoms with Crippen LogP contribution in [0.25, 0.3) is 5.57 Å². The number of Topliss-reactive ketones (excluding diaryl/α,β-unsaturated/α-hetero) is 1. The van der Waals surface area contributed by atoms with Crippen LogP contribution in [0.4, 0.5) is 10.1 Å². The maximum Gasteiger partial charge on any atom is 0.296 e. The maximum atomic E-state index is 13.4. The molecule has 0 bridgehead atoms. The Hall–Kier alpha value is -3.11. The van der Waals surface area contributed by atoms with Crippen LogP contribution in [0.5, 0.6) is 0 Å². The van der Waals surface area contributed by atoms with Crippen LogP contribution in [-0.2, 0) is 16.1 Å². The number of hydrogen-bond acceptors (Lipinski definition) is 4. The van der Waals surface area contributed by atoms with Crippen LogP contribution >= 0.6 is 0 Å². The Morgan fingerprint density at radius 1 is 1.10 bits per heavy atom. The van der Waals surface area contributed by atoms with Crippen LogP contribution < -0.4 is 0 Å². The number of benzene rings is 1. The zero-order valence-electron chi connectivity index (χ0n) is 16.1. The molecule has 1 aromatic heterocycles. The number of halogens is 1. The van der Waals surface area contributed by atoms with Gasteiger partial charge in [-0.05, 0) is 48.6 Å². The Bertz CT molecular complexity index is 990. The third kappa shape index (κ3) is 4.33. The molecule has 148 valence electrons. The van der Waals surface area contributed by atoms with E-state index in [1.54, 1.807) is 17.3 Å². The second-order valence-corrected chi connectivity index (χ2v) is 7.63. The van der Waals surface area contributed by atoms with Gasteiger partial charge in [-0.2, -0.15) is 0 Å². The number of aliphatic imine (C=N–C) groups is 1. The number of rotatable bonds is 6. The van der Waals surface area contributed by atoms with E-state index in [4.69, 9.17) is 0 Å². The van der Waals surface area contributed by atoms with Crippen LogP contribution in [0.2, 0.25) is 0 Å². The number of carbonyl (C=O) groups excluding carboxylic acids is 2. The van der Waals surface area contributed by atoms with Crippen LogP contribution in [0.1, 0.15) is 43.2 Å². The zero-order chi connectivity index (χ0) is 20.2. The van der Waals surface area contributed by atoms with Gasteiger partial charge in [0.05, 0.1) is 11.3 Å². The van der Waals surface area contributed by atoms with Crippen LogP contribution in [0.15, 0.2) is 47.7 Å². The van der Waals surface area contributed by atoms with Gasteiger partial charge >= 0.3 is 0 Å². The molecule has 0 N–H and O–H groups in total. The highest BCUT2D eigenvalue weighted by Gasteiger charge is 2.31. The third-order valence-electron chi connectivity index (χ3n) is 5.55. The predicted molar refractivity (Wildman–Crippen MR) is 108 cm³/mol. The number of pyridine rings is 1. The number of fused-ring (bicyclic) bond motifs is 1. The fraction of sp³-hybridized carbons (Fsp3) is 0.348. The first-order chi connectivity index (χ1) is 14.1. The molecule has 1 aliphatic heterocycles. The van der Waals surface area contributed by atoms with E-state index in [9.17, 15) is 14.0 Å². The third-order valence-corrected chi connectivity index (χ3v) is 5.55. The first-order valence-electron chi connectivity index (χ1n) is 9.98. The number of hydrogen-bond donors (Lipinski definition) is 0. The lowest BCUT2D eigenvalue weighted by atomic mass is 9.88. The summed E-state index contributed by atoms with van der Waals surface area (Å²) in [7, 11) is 0. The largest absolute Gasteiger partial charge is 0.331 e. The van der Waals surface area contributed by atoms with Gasteiger partial charge in [0.15, 0.2) is 0 Å². The summed E-state index contributed by atoms with van der Waals surface area (Å²) in [5.41, 5.74) is 1.81. The Balaban J connectivity index is 1.56. The fourth-order valence-corrected chi connectivity index (χ4v) is 4.02. The lowest BCUT2D eigenvalue weighted by Gasteiger charge is -2.29. The summed E-state index contributed by atoms with van der Waals surface area (Å²) in [6.45, 7) is 0.901. The molecule has 1 aliphatic carbocycles. The molecule has 2 heterocycles. The molecule has 0 spiro atoms. The summed E-state index contributed by atoms with van der Waals surface area (Å²) in [6.07, 6.45) is 9.04. The fourth-order valence-electron chi connectivity index (χ4n) is 4.02. The van der Waals surface area contributed by atoms with Gasteiger partial charge in [-0.15, -0.1) is 0 Å². The SMILES string of the molecule is O=C(C(=O)N(Cc1ccncc1)CC1CCCCC1)C1=C=Nc2cc(F)ccc21. The van der Waals surface area contributed by atoms with Gasteiger partial charge in [0.2, 0.25) is 0 Å². The highest BCUT2D eigenvalue weighted by atomic mass is 19.1. The zero-order valence-corrected chi connectivity index (χ0v) is 16.1. The normalized spacial score (nSPS) is 15.7. The quantitative estimate of drug-likeness (QED) is 0.697. The van der Waals surface area contributed by atoms with E-state index in [1.165, 1.54) is 24.6 Å². The van der Waals surface area contributed by atoms with Crippen molar-refractivity contribution < 1.29 is 14.0 Å². The van der Waals surface area contributed by atoms with Gasteiger partial charge in [-0.3, -0.25) is 14.6 Å². The summed E-state index contributed by atoms with van der Waals surface area (Å²) in [4.78, 5) is 35.8. The van der Waals surface area contributed by atoms with Crippen molar-refractivity contribution in [1.82, 2.24) is 9.88 Å². The van der Waals surface area contributed by atoms with E-state index < -0.39 is 17.5 Å². The summed E-state index contributed by atoms with van der Waals surface area (Å²) in [6, 6.07) is 7.67. The summed E-state index contributed by atoms with van der Waals surface area (Å²) < 4.78 is 13.4. The molecule has 6 heteroatoms. The van der Waals surface area contributed by atoms with Gasteiger partial charge in [-0.25, -0.2) is 9.38 Å². The van der Waals surface area contributed by atoms with Gasteiger partial charge in [-0.1, -0.05) is 19.3 Å². The minimum absolute atomic E-state index is 0.105. The Labute approximate surface area is 169 Å². The van der Waals surface area contributed by atoms with Crippen molar-refractivity contribution in [2.45, 2.75) is 38.6 Å². The van der Waals surface area contributed by atoms with Crippen molar-refractivity contribution >= 4 is 28.8 Å². The summed E-state index contributed by atoms with van der Waals surface area (Å²) in [5.74, 6) is 1.36. The van der Waals surface area contributed by atoms with Crippen molar-refractivity contribution in [1.29, 1.82) is 0 Å². The van der Waals surface area contributed by atoms with Crippen LogP contribution in [-0.4, -0.2) is 34.0 Å². The minimum Gasteiger partial charge on any atom is -0.331 e. The molecule has 4 rings (SSSR count). The van der Waals surface area contributed by atoms with Crippen molar-refractivity contribution in [2.24, 2.45) is 10.9 Å². The molecule has 1 fully saturated rings. The van der Waals surface area contributed by atoms with E-state index in [1.807, 2.05) is 12.1 Å². The Kier molecular flexibility index (Phi) is 5.63. The maximum absolute atomic E-state index is 13.4. The van der Waals surface area contributed by atoms with E-state index in [-0.39, 0.29) is 5.57 Å². The van der Waals surface area contributed by atoms with Crippen molar-refractivity contribution in [3.8, 4) is 0 Å². The number of nitrogens with zero attached hydrogens (tertiary/aromatic N) is 3. The van der Waals surface area contributed by atoms with Crippen LogP contribution in [0, 0.1) is 11.7 Å². The number of carbonyl (C=O) groups is 2. The molecule has 1 amide bonds. The van der Waals surface area contributed by atoms with Gasteiger partial charge in [0.1, 0.15) is 5.82 Å². The first-order valence-corrected chi connectivity index (χ1v) is 9.98. The molecule has 0 saturated heterocycles. The number of ketones is 1. The van der Waals surface area contributed by atoms with Crippen molar-refractivity contribution in [3.63, 3.8) is 0 Å². The molecule has 29 heavy (non-hydrogen) atoms. The molecule has 1 saturated carbocycles. The minimum atomic E-state index is -0.649. The summed E-state index contributed by atoms with van der Waals surface area (Å²) >= 11 is 0. The highest BCUT2D eigenvalue weighted by Crippen LogP contribution is 2.31.